The number of carbonyl (C=O) groups is 1. The molecule has 2 rings (SSSR count). The van der Waals surface area contributed by atoms with E-state index in [1.807, 2.05) is 32.0 Å². The fraction of sp³-hybridized carbons (Fsp3) is 0.118. The smallest absolute Gasteiger partial charge is 0.223 e. The van der Waals surface area contributed by atoms with Crippen LogP contribution in [0.1, 0.15) is 27.0 Å². The highest BCUT2D eigenvalue weighted by molar-refractivity contribution is 6.09. The minimum Gasteiger partial charge on any atom is -0.370 e. The van der Waals surface area contributed by atoms with Gasteiger partial charge in [0.1, 0.15) is 0 Å². The zero-order valence-corrected chi connectivity index (χ0v) is 13.1. The summed E-state index contributed by atoms with van der Waals surface area (Å²) in [5.41, 5.74) is 19.9. The summed E-state index contributed by atoms with van der Waals surface area (Å²) in [4.78, 5) is 20.3. The Morgan fingerprint density at radius 1 is 0.913 bits per heavy atom. The Bertz CT molecular complexity index is 804. The van der Waals surface area contributed by atoms with Crippen LogP contribution < -0.4 is 17.2 Å². The number of rotatable bonds is 3. The summed E-state index contributed by atoms with van der Waals surface area (Å²) >= 11 is 0. The van der Waals surface area contributed by atoms with Crippen LogP contribution in [-0.4, -0.2) is 17.7 Å². The maximum Gasteiger partial charge on any atom is 0.223 e. The summed E-state index contributed by atoms with van der Waals surface area (Å²) in [5.74, 6) is -0.319. The number of hydrogen-bond acceptors (Lipinski definition) is 2. The Kier molecular flexibility index (Phi) is 4.75. The van der Waals surface area contributed by atoms with Crippen LogP contribution in [0.25, 0.3) is 0 Å². The molecule has 6 N–H and O–H groups in total. The third kappa shape index (κ3) is 4.16. The second-order valence-corrected chi connectivity index (χ2v) is 5.19. The minimum absolute atomic E-state index is 0.0687. The molecule has 0 unspecified atom stereocenters. The van der Waals surface area contributed by atoms with Crippen molar-refractivity contribution in [1.82, 2.24) is 0 Å². The lowest BCUT2D eigenvalue weighted by molar-refractivity contribution is 0.103. The molecule has 2 aromatic carbocycles. The van der Waals surface area contributed by atoms with Gasteiger partial charge in [-0.2, -0.15) is 4.99 Å². The summed E-state index contributed by atoms with van der Waals surface area (Å²) in [5, 5.41) is 0. The molecule has 23 heavy (non-hydrogen) atoms. The first kappa shape index (κ1) is 16.2. The Hall–Kier alpha value is -3.15. The van der Waals surface area contributed by atoms with Crippen LogP contribution in [0.5, 0.6) is 0 Å². The van der Waals surface area contributed by atoms with E-state index in [0.29, 0.717) is 16.8 Å². The summed E-state index contributed by atoms with van der Waals surface area (Å²) in [6.45, 7) is 3.98. The number of hydrogen-bond donors (Lipinski definition) is 3. The quantitative estimate of drug-likeness (QED) is 0.454. The second-order valence-electron chi connectivity index (χ2n) is 5.19. The van der Waals surface area contributed by atoms with Crippen molar-refractivity contribution in [2.24, 2.45) is 27.2 Å². The number of benzene rings is 2. The zero-order chi connectivity index (χ0) is 17.0. The molecule has 0 aliphatic heterocycles. The van der Waals surface area contributed by atoms with Crippen molar-refractivity contribution < 1.29 is 4.79 Å². The molecule has 0 saturated carbocycles. The van der Waals surface area contributed by atoms with Crippen LogP contribution in [-0.2, 0) is 0 Å². The molecule has 0 heterocycles. The molecule has 0 saturated heterocycles. The molecule has 0 amide bonds. The van der Waals surface area contributed by atoms with Crippen LogP contribution in [0.15, 0.2) is 52.4 Å². The van der Waals surface area contributed by atoms with Gasteiger partial charge >= 0.3 is 0 Å². The predicted molar refractivity (Wildman–Crippen MR) is 92.9 cm³/mol. The largest absolute Gasteiger partial charge is 0.370 e. The lowest BCUT2D eigenvalue weighted by Crippen LogP contribution is -2.26. The third-order valence-electron chi connectivity index (χ3n) is 3.36. The SMILES string of the molecule is Cc1ccc(C(=O)c2cccc(N=C(N)N=C(N)N)c2)cc1C. The number of aryl methyl sites for hydroxylation is 2. The van der Waals surface area contributed by atoms with Gasteiger partial charge in [-0.15, -0.1) is 0 Å². The van der Waals surface area contributed by atoms with Crippen molar-refractivity contribution in [3.05, 3.63) is 64.7 Å². The van der Waals surface area contributed by atoms with E-state index in [9.17, 15) is 4.79 Å². The second kappa shape index (κ2) is 6.74. The molecule has 0 aromatic heterocycles. The molecule has 118 valence electrons. The van der Waals surface area contributed by atoms with E-state index in [1.54, 1.807) is 24.3 Å². The number of guanidine groups is 2. The Morgan fingerprint density at radius 2 is 1.61 bits per heavy atom. The Morgan fingerprint density at radius 3 is 2.26 bits per heavy atom. The van der Waals surface area contributed by atoms with Gasteiger partial charge in [-0.05, 0) is 43.2 Å². The topological polar surface area (TPSA) is 120 Å². The number of nitrogens with two attached hydrogens (primary N) is 3. The fourth-order valence-corrected chi connectivity index (χ4v) is 2.06. The first-order valence-corrected chi connectivity index (χ1v) is 7.02. The van der Waals surface area contributed by atoms with E-state index < -0.39 is 0 Å². The molecule has 6 nitrogen and oxygen atoms in total. The first-order valence-electron chi connectivity index (χ1n) is 7.02. The van der Waals surface area contributed by atoms with E-state index >= 15 is 0 Å². The van der Waals surface area contributed by atoms with E-state index in [2.05, 4.69) is 9.98 Å². The molecule has 2 aromatic rings. The maximum atomic E-state index is 12.6. The van der Waals surface area contributed by atoms with Crippen LogP contribution in [0.4, 0.5) is 5.69 Å². The highest BCUT2D eigenvalue weighted by Crippen LogP contribution is 2.19. The van der Waals surface area contributed by atoms with Gasteiger partial charge in [0, 0.05) is 11.1 Å². The number of carbonyl (C=O) groups excluding carboxylic acids is 1. The van der Waals surface area contributed by atoms with Crippen molar-refractivity contribution in [3.8, 4) is 0 Å². The van der Waals surface area contributed by atoms with E-state index in [1.165, 1.54) is 0 Å². The summed E-state index contributed by atoms with van der Waals surface area (Å²) in [6.07, 6.45) is 0. The molecule has 0 aliphatic carbocycles. The maximum absolute atomic E-state index is 12.6. The van der Waals surface area contributed by atoms with Gasteiger partial charge in [-0.3, -0.25) is 4.79 Å². The zero-order valence-electron chi connectivity index (χ0n) is 13.1. The van der Waals surface area contributed by atoms with Crippen molar-refractivity contribution in [1.29, 1.82) is 0 Å². The molecule has 6 heteroatoms. The van der Waals surface area contributed by atoms with Gasteiger partial charge in [0.05, 0.1) is 5.69 Å². The van der Waals surface area contributed by atoms with Gasteiger partial charge in [0.2, 0.25) is 5.96 Å². The van der Waals surface area contributed by atoms with Gasteiger partial charge < -0.3 is 17.2 Å². The molecule has 0 atom stereocenters. The highest BCUT2D eigenvalue weighted by Gasteiger charge is 2.10. The molecular weight excluding hydrogens is 290 g/mol. The number of ketones is 1. The van der Waals surface area contributed by atoms with Crippen molar-refractivity contribution in [2.75, 3.05) is 0 Å². The van der Waals surface area contributed by atoms with E-state index in [4.69, 9.17) is 17.2 Å². The molecular formula is C17H19N5O. The molecule has 0 fully saturated rings. The van der Waals surface area contributed by atoms with Crippen LogP contribution in [0.2, 0.25) is 0 Å². The van der Waals surface area contributed by atoms with Crippen LogP contribution >= 0.6 is 0 Å². The monoisotopic (exact) mass is 309 g/mol. The standard InChI is InChI=1S/C17H19N5O/c1-10-6-7-13(8-11(10)2)15(23)12-4-3-5-14(9-12)21-17(20)22-16(18)19/h3-9H,1-2H3,(H6,18,19,20,21,22). The minimum atomic E-state index is -0.173. The average Bonchev–Trinajstić information content (AvgIpc) is 2.48. The summed E-state index contributed by atoms with van der Waals surface area (Å²) < 4.78 is 0. The average molecular weight is 309 g/mol. The van der Waals surface area contributed by atoms with Gasteiger partial charge in [0.25, 0.3) is 0 Å². The number of nitrogens with zero attached hydrogens (tertiary/aromatic N) is 2. The molecule has 0 spiro atoms. The van der Waals surface area contributed by atoms with Crippen molar-refractivity contribution in [3.63, 3.8) is 0 Å². The summed E-state index contributed by atoms with van der Waals surface area (Å²) in [6, 6.07) is 12.4. The van der Waals surface area contributed by atoms with Crippen LogP contribution in [0.3, 0.4) is 0 Å². The Labute approximate surface area is 134 Å². The van der Waals surface area contributed by atoms with Crippen molar-refractivity contribution in [2.45, 2.75) is 13.8 Å². The van der Waals surface area contributed by atoms with E-state index in [-0.39, 0.29) is 17.7 Å². The Balaban J connectivity index is 2.34. The third-order valence-corrected chi connectivity index (χ3v) is 3.36. The van der Waals surface area contributed by atoms with Gasteiger partial charge in [-0.1, -0.05) is 24.3 Å². The predicted octanol–water partition coefficient (Wildman–Crippen LogP) is 1.75. The lowest BCUT2D eigenvalue weighted by atomic mass is 9.99. The highest BCUT2D eigenvalue weighted by atomic mass is 16.1. The van der Waals surface area contributed by atoms with Crippen molar-refractivity contribution >= 4 is 23.4 Å². The normalized spacial score (nSPS) is 11.1. The van der Waals surface area contributed by atoms with E-state index in [0.717, 1.165) is 11.1 Å². The first-order chi connectivity index (χ1) is 10.9. The lowest BCUT2D eigenvalue weighted by Gasteiger charge is -2.05. The molecule has 0 radical (unpaired) electrons. The molecule has 0 bridgehead atoms. The van der Waals surface area contributed by atoms with Crippen LogP contribution in [0, 0.1) is 13.8 Å². The molecule has 0 aliphatic rings. The number of aliphatic imine (C=N–C) groups is 2. The van der Waals surface area contributed by atoms with Gasteiger partial charge in [0.15, 0.2) is 11.7 Å². The van der Waals surface area contributed by atoms with Gasteiger partial charge in [-0.25, -0.2) is 4.99 Å². The summed E-state index contributed by atoms with van der Waals surface area (Å²) in [7, 11) is 0. The fourth-order valence-electron chi connectivity index (χ4n) is 2.06.